The van der Waals surface area contributed by atoms with Gasteiger partial charge in [-0.15, -0.1) is 5.10 Å². The smallest absolute Gasteiger partial charge is 0.181 e. The quantitative estimate of drug-likeness (QED) is 0.639. The summed E-state index contributed by atoms with van der Waals surface area (Å²) in [5.74, 6) is 0.736. The Morgan fingerprint density at radius 2 is 1.92 bits per heavy atom. The second-order valence-electron chi connectivity index (χ2n) is 2.75. The molecule has 1 aromatic carbocycles. The fraction of sp³-hybridized carbons (Fsp3) is 0.125. The number of tetrazole rings is 1. The van der Waals surface area contributed by atoms with Gasteiger partial charge in [-0.1, -0.05) is 0 Å². The third-order valence-electron chi connectivity index (χ3n) is 1.79. The summed E-state index contributed by atoms with van der Waals surface area (Å²) in [6, 6.07) is 7.43. The summed E-state index contributed by atoms with van der Waals surface area (Å²) < 4.78 is 1.62. The van der Waals surface area contributed by atoms with Gasteiger partial charge in [0.1, 0.15) is 0 Å². The molecule has 0 spiro atoms. The average Bonchev–Trinajstić information content (AvgIpc) is 2.53. The molecule has 0 aliphatic carbocycles. The van der Waals surface area contributed by atoms with Crippen molar-refractivity contribution in [1.29, 1.82) is 0 Å². The Morgan fingerprint density at radius 1 is 1.23 bits per heavy atom. The molecule has 2 rings (SSSR count). The molecule has 2 aromatic rings. The monoisotopic (exact) mass is 175 g/mol. The van der Waals surface area contributed by atoms with E-state index in [0.717, 1.165) is 17.1 Å². The summed E-state index contributed by atoms with van der Waals surface area (Å²) in [6.45, 7) is 0. The predicted octanol–water partition coefficient (Wildman–Crippen LogP) is 0.459. The minimum absolute atomic E-state index is 0.735. The van der Waals surface area contributed by atoms with Crippen LogP contribution in [0.3, 0.4) is 0 Å². The van der Waals surface area contributed by atoms with Crippen LogP contribution >= 0.6 is 0 Å². The van der Waals surface area contributed by atoms with Gasteiger partial charge in [-0.2, -0.15) is 0 Å². The predicted molar refractivity (Wildman–Crippen MR) is 48.6 cm³/mol. The van der Waals surface area contributed by atoms with E-state index in [1.807, 2.05) is 24.3 Å². The number of rotatable bonds is 1. The molecular weight excluding hydrogens is 166 g/mol. The lowest BCUT2D eigenvalue weighted by Gasteiger charge is -1.98. The molecule has 5 heteroatoms. The van der Waals surface area contributed by atoms with Crippen LogP contribution in [0.4, 0.5) is 5.69 Å². The number of aromatic nitrogens is 4. The molecule has 1 aromatic heterocycles. The van der Waals surface area contributed by atoms with Crippen molar-refractivity contribution in [1.82, 2.24) is 20.2 Å². The highest BCUT2D eigenvalue weighted by Gasteiger charge is 2.03. The molecule has 0 fully saturated rings. The Morgan fingerprint density at radius 3 is 2.46 bits per heavy atom. The Balaban J connectivity index is 2.47. The van der Waals surface area contributed by atoms with Crippen molar-refractivity contribution in [3.8, 4) is 11.4 Å². The highest BCUT2D eigenvalue weighted by molar-refractivity contribution is 5.58. The number of aryl methyl sites for hydroxylation is 1. The molecule has 5 nitrogen and oxygen atoms in total. The van der Waals surface area contributed by atoms with Crippen LogP contribution in [0.15, 0.2) is 24.3 Å². The number of hydrogen-bond donors (Lipinski definition) is 1. The van der Waals surface area contributed by atoms with Gasteiger partial charge < -0.3 is 5.73 Å². The number of benzene rings is 1. The van der Waals surface area contributed by atoms with Crippen molar-refractivity contribution >= 4 is 5.69 Å². The molecule has 0 atom stereocenters. The maximum Gasteiger partial charge on any atom is 0.181 e. The first kappa shape index (κ1) is 7.72. The van der Waals surface area contributed by atoms with Gasteiger partial charge in [0, 0.05) is 18.3 Å². The highest BCUT2D eigenvalue weighted by Crippen LogP contribution is 2.15. The molecule has 2 N–H and O–H groups in total. The van der Waals surface area contributed by atoms with Gasteiger partial charge in [-0.3, -0.25) is 0 Å². The van der Waals surface area contributed by atoms with Gasteiger partial charge in [0.2, 0.25) is 0 Å². The lowest BCUT2D eigenvalue weighted by molar-refractivity contribution is 0.714. The molecular formula is C8H9N5. The summed E-state index contributed by atoms with van der Waals surface area (Å²) >= 11 is 0. The zero-order chi connectivity index (χ0) is 9.26. The lowest BCUT2D eigenvalue weighted by atomic mass is 10.2. The third-order valence-corrected chi connectivity index (χ3v) is 1.79. The maximum atomic E-state index is 5.56. The van der Waals surface area contributed by atoms with E-state index in [4.69, 9.17) is 5.73 Å². The standard InChI is InChI=1S/C8H9N5/c1-13-8(10-11-12-13)6-2-4-7(9)5-3-6/h2-5H,9H2,1H3. The summed E-state index contributed by atoms with van der Waals surface area (Å²) in [6.07, 6.45) is 0. The number of anilines is 1. The first-order valence-corrected chi connectivity index (χ1v) is 3.85. The van der Waals surface area contributed by atoms with E-state index in [2.05, 4.69) is 15.5 Å². The van der Waals surface area contributed by atoms with Crippen LogP contribution in [0.2, 0.25) is 0 Å². The molecule has 13 heavy (non-hydrogen) atoms. The number of nitrogens with two attached hydrogens (primary N) is 1. The molecule has 0 saturated carbocycles. The summed E-state index contributed by atoms with van der Waals surface area (Å²) in [4.78, 5) is 0. The van der Waals surface area contributed by atoms with Crippen molar-refractivity contribution in [2.75, 3.05) is 5.73 Å². The average molecular weight is 175 g/mol. The Labute approximate surface area is 75.2 Å². The van der Waals surface area contributed by atoms with E-state index < -0.39 is 0 Å². The van der Waals surface area contributed by atoms with Crippen molar-refractivity contribution in [3.63, 3.8) is 0 Å². The first-order valence-electron chi connectivity index (χ1n) is 3.85. The van der Waals surface area contributed by atoms with Gasteiger partial charge in [-0.25, -0.2) is 4.68 Å². The van der Waals surface area contributed by atoms with Gasteiger partial charge in [0.25, 0.3) is 0 Å². The Kier molecular flexibility index (Phi) is 1.70. The minimum atomic E-state index is 0.735. The van der Waals surface area contributed by atoms with Crippen LogP contribution < -0.4 is 5.73 Å². The highest BCUT2D eigenvalue weighted by atomic mass is 15.5. The van der Waals surface area contributed by atoms with Crippen LogP contribution in [-0.4, -0.2) is 20.2 Å². The van der Waals surface area contributed by atoms with E-state index in [1.165, 1.54) is 0 Å². The van der Waals surface area contributed by atoms with Crippen molar-refractivity contribution in [2.24, 2.45) is 7.05 Å². The van der Waals surface area contributed by atoms with Crippen LogP contribution in [-0.2, 0) is 7.05 Å². The van der Waals surface area contributed by atoms with E-state index in [-0.39, 0.29) is 0 Å². The fourth-order valence-electron chi connectivity index (χ4n) is 1.11. The summed E-state index contributed by atoms with van der Waals surface area (Å²) in [7, 11) is 1.80. The zero-order valence-corrected chi connectivity index (χ0v) is 7.18. The maximum absolute atomic E-state index is 5.56. The van der Waals surface area contributed by atoms with Crippen molar-refractivity contribution in [3.05, 3.63) is 24.3 Å². The Bertz CT molecular complexity index is 403. The van der Waals surface area contributed by atoms with Gasteiger partial charge >= 0.3 is 0 Å². The van der Waals surface area contributed by atoms with E-state index in [0.29, 0.717) is 0 Å². The molecule has 0 radical (unpaired) electrons. The molecule has 1 heterocycles. The summed E-state index contributed by atoms with van der Waals surface area (Å²) in [5.41, 5.74) is 7.25. The third kappa shape index (κ3) is 1.35. The van der Waals surface area contributed by atoms with Gasteiger partial charge in [-0.05, 0) is 34.7 Å². The van der Waals surface area contributed by atoms with Crippen LogP contribution in [0.5, 0.6) is 0 Å². The zero-order valence-electron chi connectivity index (χ0n) is 7.18. The molecule has 0 saturated heterocycles. The molecule has 0 unspecified atom stereocenters. The summed E-state index contributed by atoms with van der Waals surface area (Å²) in [5, 5.41) is 11.2. The fourth-order valence-corrected chi connectivity index (χ4v) is 1.11. The number of nitrogens with zero attached hydrogens (tertiary/aromatic N) is 4. The normalized spacial score (nSPS) is 10.2. The molecule has 0 aliphatic rings. The Hall–Kier alpha value is -1.91. The van der Waals surface area contributed by atoms with Crippen LogP contribution in [0.25, 0.3) is 11.4 Å². The van der Waals surface area contributed by atoms with Crippen molar-refractivity contribution < 1.29 is 0 Å². The van der Waals surface area contributed by atoms with E-state index >= 15 is 0 Å². The number of hydrogen-bond acceptors (Lipinski definition) is 4. The van der Waals surface area contributed by atoms with E-state index in [1.54, 1.807) is 11.7 Å². The van der Waals surface area contributed by atoms with E-state index in [9.17, 15) is 0 Å². The number of nitrogen functional groups attached to an aromatic ring is 1. The SMILES string of the molecule is Cn1nnnc1-c1ccc(N)cc1. The minimum Gasteiger partial charge on any atom is -0.399 e. The second kappa shape index (κ2) is 2.85. The topological polar surface area (TPSA) is 69.6 Å². The van der Waals surface area contributed by atoms with Crippen molar-refractivity contribution in [2.45, 2.75) is 0 Å². The lowest BCUT2D eigenvalue weighted by Crippen LogP contribution is -1.94. The molecule has 0 aliphatic heterocycles. The molecule has 0 bridgehead atoms. The van der Waals surface area contributed by atoms with Gasteiger partial charge in [0.05, 0.1) is 0 Å². The van der Waals surface area contributed by atoms with Gasteiger partial charge in [0.15, 0.2) is 5.82 Å². The van der Waals surface area contributed by atoms with Crippen LogP contribution in [0.1, 0.15) is 0 Å². The second-order valence-corrected chi connectivity index (χ2v) is 2.75. The molecule has 66 valence electrons. The van der Waals surface area contributed by atoms with Crippen LogP contribution in [0, 0.1) is 0 Å². The first-order chi connectivity index (χ1) is 6.27. The largest absolute Gasteiger partial charge is 0.399 e. The molecule has 0 amide bonds.